The third kappa shape index (κ3) is 4.95. The zero-order valence-corrected chi connectivity index (χ0v) is 16.2. The fraction of sp³-hybridized carbons (Fsp3) is 0.529. The molecule has 1 aromatic carbocycles. The van der Waals surface area contributed by atoms with Crippen LogP contribution in [0.5, 0.6) is 0 Å². The van der Waals surface area contributed by atoms with Crippen molar-refractivity contribution in [2.75, 3.05) is 17.8 Å². The Balaban J connectivity index is 2.05. The number of piperazine rings is 1. The Kier molecular flexibility index (Phi) is 6.60. The van der Waals surface area contributed by atoms with Gasteiger partial charge in [0.15, 0.2) is 0 Å². The van der Waals surface area contributed by atoms with E-state index in [4.69, 9.17) is 9.29 Å². The molecule has 1 aromatic rings. The van der Waals surface area contributed by atoms with Crippen molar-refractivity contribution in [2.45, 2.75) is 45.9 Å². The smallest absolute Gasteiger partial charge is 0.410 e. The number of nitrogens with zero attached hydrogens (tertiary/aromatic N) is 2. The van der Waals surface area contributed by atoms with E-state index >= 15 is 0 Å². The molecule has 3 atom stereocenters. The van der Waals surface area contributed by atoms with Crippen molar-refractivity contribution < 1.29 is 23.1 Å². The van der Waals surface area contributed by atoms with Crippen LogP contribution in [0, 0.1) is 0 Å². The average Bonchev–Trinajstić information content (AvgIpc) is 2.53. The van der Waals surface area contributed by atoms with Gasteiger partial charge in [-0.2, -0.15) is 0 Å². The number of nitrogens with one attached hydrogen (secondary N) is 1. The van der Waals surface area contributed by atoms with Gasteiger partial charge >= 0.3 is 6.09 Å². The predicted octanol–water partition coefficient (Wildman–Crippen LogP) is 2.32. The van der Waals surface area contributed by atoms with Crippen molar-refractivity contribution in [3.63, 3.8) is 0 Å². The monoisotopic (exact) mass is 383 g/mol. The molecule has 2 rings (SSSR count). The van der Waals surface area contributed by atoms with Gasteiger partial charge in [-0.15, -0.1) is 0 Å². The minimum Gasteiger partial charge on any atom is -0.447 e. The van der Waals surface area contributed by atoms with E-state index in [1.165, 1.54) is 0 Å². The van der Waals surface area contributed by atoms with Crippen LogP contribution in [-0.2, 0) is 16.0 Å². The van der Waals surface area contributed by atoms with Crippen LogP contribution < -0.4 is 4.72 Å². The van der Waals surface area contributed by atoms with Crippen LogP contribution in [0.4, 0.5) is 10.5 Å². The SMILES string of the molecule is CC(C)OC(=O)N1[C@H](C)CN(C(=O)c2ccc(NS(=O)O)cc2)C[C@@H]1C. The van der Waals surface area contributed by atoms with Gasteiger partial charge in [-0.3, -0.25) is 19.0 Å². The molecule has 0 bridgehead atoms. The molecule has 9 heteroatoms. The molecule has 1 aliphatic heterocycles. The van der Waals surface area contributed by atoms with Gasteiger partial charge in [0.25, 0.3) is 17.2 Å². The lowest BCUT2D eigenvalue weighted by Crippen LogP contribution is -2.60. The summed E-state index contributed by atoms with van der Waals surface area (Å²) in [4.78, 5) is 28.4. The quantitative estimate of drug-likeness (QED) is 0.778. The standard InChI is InChI=1S/C17H25N3O5S/c1-11(2)25-17(22)20-12(3)9-19(10-13(20)4)16(21)14-5-7-15(8-6-14)18-26(23)24/h5-8,11-13,18H,9-10H2,1-4H3,(H,23,24)/t12-,13+. The maximum absolute atomic E-state index is 12.7. The van der Waals surface area contributed by atoms with Crippen LogP contribution in [-0.4, -0.2) is 61.8 Å². The number of anilines is 1. The molecule has 0 radical (unpaired) electrons. The minimum absolute atomic E-state index is 0.141. The zero-order chi connectivity index (χ0) is 19.4. The Hall–Kier alpha value is -2.13. The molecule has 1 saturated heterocycles. The zero-order valence-electron chi connectivity index (χ0n) is 15.3. The Morgan fingerprint density at radius 2 is 1.73 bits per heavy atom. The number of ether oxygens (including phenoxy) is 1. The number of carbonyl (C=O) groups excluding carboxylic acids is 2. The van der Waals surface area contributed by atoms with E-state index in [1.807, 2.05) is 13.8 Å². The number of amides is 2. The Morgan fingerprint density at radius 3 is 2.19 bits per heavy atom. The van der Waals surface area contributed by atoms with E-state index in [9.17, 15) is 13.8 Å². The van der Waals surface area contributed by atoms with Gasteiger partial charge in [0.1, 0.15) is 0 Å². The third-order valence-electron chi connectivity index (χ3n) is 4.09. The van der Waals surface area contributed by atoms with Crippen LogP contribution in [0.1, 0.15) is 38.1 Å². The largest absolute Gasteiger partial charge is 0.447 e. The molecule has 2 N–H and O–H groups in total. The molecule has 1 unspecified atom stereocenters. The Bertz CT molecular complexity index is 667. The fourth-order valence-electron chi connectivity index (χ4n) is 3.08. The van der Waals surface area contributed by atoms with E-state index in [1.54, 1.807) is 47.9 Å². The second-order valence-corrected chi connectivity index (χ2v) is 7.38. The summed E-state index contributed by atoms with van der Waals surface area (Å²) in [6.45, 7) is 8.21. The Labute approximate surface area is 155 Å². The highest BCUT2D eigenvalue weighted by Gasteiger charge is 2.36. The molecule has 1 heterocycles. The highest BCUT2D eigenvalue weighted by atomic mass is 32.2. The summed E-state index contributed by atoms with van der Waals surface area (Å²) in [5.74, 6) is -0.141. The maximum Gasteiger partial charge on any atom is 0.410 e. The van der Waals surface area contributed by atoms with Crippen LogP contribution in [0.3, 0.4) is 0 Å². The van der Waals surface area contributed by atoms with E-state index < -0.39 is 11.3 Å². The first-order chi connectivity index (χ1) is 12.2. The van der Waals surface area contributed by atoms with Crippen LogP contribution in [0.25, 0.3) is 0 Å². The lowest BCUT2D eigenvalue weighted by molar-refractivity contribution is 0.0124. The van der Waals surface area contributed by atoms with Crippen LogP contribution >= 0.6 is 0 Å². The molecule has 26 heavy (non-hydrogen) atoms. The van der Waals surface area contributed by atoms with E-state index in [-0.39, 0.29) is 30.2 Å². The van der Waals surface area contributed by atoms with Gasteiger partial charge in [0.05, 0.1) is 18.2 Å². The van der Waals surface area contributed by atoms with Crippen molar-refractivity contribution >= 4 is 29.0 Å². The normalized spacial score (nSPS) is 21.5. The first kappa shape index (κ1) is 20.2. The molecule has 1 fully saturated rings. The fourth-order valence-corrected chi connectivity index (χ4v) is 3.41. The van der Waals surface area contributed by atoms with Gasteiger partial charge in [-0.25, -0.2) is 9.00 Å². The summed E-state index contributed by atoms with van der Waals surface area (Å²) in [5, 5.41) is 0. The second-order valence-electron chi connectivity index (χ2n) is 6.68. The molecule has 144 valence electrons. The molecule has 1 aliphatic rings. The summed E-state index contributed by atoms with van der Waals surface area (Å²) in [6, 6.07) is 6.03. The highest BCUT2D eigenvalue weighted by Crippen LogP contribution is 2.20. The van der Waals surface area contributed by atoms with Gasteiger partial charge in [0.2, 0.25) is 0 Å². The topological polar surface area (TPSA) is 99.2 Å². The molecule has 0 spiro atoms. The summed E-state index contributed by atoms with van der Waals surface area (Å²) >= 11 is -2.16. The number of carbonyl (C=O) groups is 2. The lowest BCUT2D eigenvalue weighted by atomic mass is 10.1. The third-order valence-corrected chi connectivity index (χ3v) is 4.50. The second kappa shape index (κ2) is 8.50. The Morgan fingerprint density at radius 1 is 1.19 bits per heavy atom. The minimum atomic E-state index is -2.16. The van der Waals surface area contributed by atoms with Crippen molar-refractivity contribution in [3.05, 3.63) is 29.8 Å². The first-order valence-electron chi connectivity index (χ1n) is 8.44. The molecule has 0 aromatic heterocycles. The molecular weight excluding hydrogens is 358 g/mol. The van der Waals surface area contributed by atoms with E-state index in [0.717, 1.165) is 0 Å². The van der Waals surface area contributed by atoms with Crippen molar-refractivity contribution in [3.8, 4) is 0 Å². The molecule has 8 nitrogen and oxygen atoms in total. The number of hydrogen-bond acceptors (Lipinski definition) is 4. The summed E-state index contributed by atoms with van der Waals surface area (Å²) in [6.07, 6.45) is -0.554. The van der Waals surface area contributed by atoms with E-state index in [2.05, 4.69) is 4.72 Å². The van der Waals surface area contributed by atoms with Gasteiger partial charge in [-0.05, 0) is 52.0 Å². The number of benzene rings is 1. The first-order valence-corrected chi connectivity index (χ1v) is 9.55. The summed E-state index contributed by atoms with van der Waals surface area (Å²) in [5.41, 5.74) is 0.933. The predicted molar refractivity (Wildman–Crippen MR) is 99.1 cm³/mol. The molecule has 0 saturated carbocycles. The lowest BCUT2D eigenvalue weighted by Gasteiger charge is -2.43. The van der Waals surface area contributed by atoms with Crippen LogP contribution in [0.2, 0.25) is 0 Å². The van der Waals surface area contributed by atoms with Gasteiger partial charge in [-0.1, -0.05) is 0 Å². The van der Waals surface area contributed by atoms with Crippen molar-refractivity contribution in [1.82, 2.24) is 9.80 Å². The summed E-state index contributed by atoms with van der Waals surface area (Å²) in [7, 11) is 0. The van der Waals surface area contributed by atoms with Crippen molar-refractivity contribution in [1.29, 1.82) is 0 Å². The number of rotatable bonds is 4. The molecule has 2 amide bonds. The van der Waals surface area contributed by atoms with E-state index in [0.29, 0.717) is 24.3 Å². The average molecular weight is 383 g/mol. The number of hydrogen-bond donors (Lipinski definition) is 2. The maximum atomic E-state index is 12.7. The molecule has 0 aliphatic carbocycles. The van der Waals surface area contributed by atoms with Gasteiger partial charge in [0, 0.05) is 24.3 Å². The summed E-state index contributed by atoms with van der Waals surface area (Å²) < 4.78 is 27.2. The highest BCUT2D eigenvalue weighted by molar-refractivity contribution is 7.80. The molecular formula is C17H25N3O5S. The van der Waals surface area contributed by atoms with Crippen LogP contribution in [0.15, 0.2) is 24.3 Å². The van der Waals surface area contributed by atoms with Gasteiger partial charge < -0.3 is 9.64 Å². The van der Waals surface area contributed by atoms with Crippen molar-refractivity contribution in [2.24, 2.45) is 0 Å².